The summed E-state index contributed by atoms with van der Waals surface area (Å²) >= 11 is 0. The van der Waals surface area contributed by atoms with Gasteiger partial charge >= 0.3 is 11.9 Å². The number of rotatable bonds is 5. The van der Waals surface area contributed by atoms with Gasteiger partial charge in [-0.15, -0.1) is 0 Å². The van der Waals surface area contributed by atoms with E-state index in [1.54, 1.807) is 37.4 Å². The van der Waals surface area contributed by atoms with Gasteiger partial charge in [0.1, 0.15) is 5.75 Å². The van der Waals surface area contributed by atoms with E-state index < -0.39 is 11.9 Å². The number of carboxylic acid groups (broad SMARTS) is 2. The second kappa shape index (κ2) is 7.08. The van der Waals surface area contributed by atoms with Crippen LogP contribution in [0.15, 0.2) is 54.6 Å². The fourth-order valence-electron chi connectivity index (χ4n) is 3.11. The predicted molar refractivity (Wildman–Crippen MR) is 105 cm³/mol. The van der Waals surface area contributed by atoms with Gasteiger partial charge in [-0.05, 0) is 30.3 Å². The molecule has 0 spiro atoms. The first-order valence-electron chi connectivity index (χ1n) is 8.58. The van der Waals surface area contributed by atoms with Crippen LogP contribution in [0.2, 0.25) is 0 Å². The summed E-state index contributed by atoms with van der Waals surface area (Å²) in [4.78, 5) is 27.5. The van der Waals surface area contributed by atoms with Crippen molar-refractivity contribution in [2.45, 2.75) is 0 Å². The Morgan fingerprint density at radius 3 is 2.38 bits per heavy atom. The lowest BCUT2D eigenvalue weighted by Gasteiger charge is -2.07. The summed E-state index contributed by atoms with van der Waals surface area (Å²) in [7, 11) is 1.55. The SMILES string of the molecule is COc1cccc(-c2[nH]nc3nc(-c4ccc(C(=O)O)cc4)cc(C(=O)O)c23)c1. The van der Waals surface area contributed by atoms with Crippen LogP contribution < -0.4 is 4.74 Å². The van der Waals surface area contributed by atoms with Gasteiger partial charge in [0.15, 0.2) is 5.65 Å². The van der Waals surface area contributed by atoms with E-state index in [4.69, 9.17) is 9.84 Å². The van der Waals surface area contributed by atoms with Crippen molar-refractivity contribution in [1.82, 2.24) is 15.2 Å². The Balaban J connectivity index is 1.89. The highest BCUT2D eigenvalue weighted by molar-refractivity contribution is 6.08. The van der Waals surface area contributed by atoms with Crippen LogP contribution in [0.25, 0.3) is 33.5 Å². The van der Waals surface area contributed by atoms with E-state index in [0.29, 0.717) is 28.1 Å². The molecule has 2 aromatic carbocycles. The Morgan fingerprint density at radius 1 is 0.966 bits per heavy atom. The minimum absolute atomic E-state index is 0.0406. The molecule has 8 nitrogen and oxygen atoms in total. The van der Waals surface area contributed by atoms with Crippen molar-refractivity contribution in [3.05, 3.63) is 65.7 Å². The summed E-state index contributed by atoms with van der Waals surface area (Å²) in [5.41, 5.74) is 2.64. The quantitative estimate of drug-likeness (QED) is 0.475. The average molecular weight is 389 g/mol. The number of aromatic carboxylic acids is 2. The van der Waals surface area contributed by atoms with Gasteiger partial charge in [0, 0.05) is 11.1 Å². The fourth-order valence-corrected chi connectivity index (χ4v) is 3.11. The molecule has 0 radical (unpaired) electrons. The average Bonchev–Trinajstić information content (AvgIpc) is 3.17. The van der Waals surface area contributed by atoms with Crippen molar-refractivity contribution in [3.8, 4) is 28.3 Å². The molecule has 29 heavy (non-hydrogen) atoms. The van der Waals surface area contributed by atoms with Gasteiger partial charge in [-0.1, -0.05) is 24.3 Å². The molecule has 0 saturated carbocycles. The topological polar surface area (TPSA) is 125 Å². The molecule has 0 aliphatic carbocycles. The highest BCUT2D eigenvalue weighted by Crippen LogP contribution is 2.32. The first kappa shape index (κ1) is 18.2. The van der Waals surface area contributed by atoms with Crippen LogP contribution in [0.3, 0.4) is 0 Å². The highest BCUT2D eigenvalue weighted by atomic mass is 16.5. The Morgan fingerprint density at radius 2 is 1.72 bits per heavy atom. The molecule has 0 saturated heterocycles. The molecule has 4 aromatic rings. The zero-order valence-electron chi connectivity index (χ0n) is 15.2. The molecule has 0 aliphatic heterocycles. The van der Waals surface area contributed by atoms with Crippen LogP contribution in [0.4, 0.5) is 0 Å². The van der Waals surface area contributed by atoms with Crippen LogP contribution >= 0.6 is 0 Å². The van der Waals surface area contributed by atoms with Crippen molar-refractivity contribution in [2.75, 3.05) is 7.11 Å². The summed E-state index contributed by atoms with van der Waals surface area (Å²) in [5.74, 6) is -1.53. The lowest BCUT2D eigenvalue weighted by molar-refractivity contribution is 0.0687. The minimum Gasteiger partial charge on any atom is -0.497 e. The lowest BCUT2D eigenvalue weighted by Crippen LogP contribution is -2.01. The number of hydrogen-bond acceptors (Lipinski definition) is 5. The van der Waals surface area contributed by atoms with E-state index in [1.165, 1.54) is 18.2 Å². The maximum atomic E-state index is 12.0. The van der Waals surface area contributed by atoms with Crippen molar-refractivity contribution < 1.29 is 24.5 Å². The molecule has 0 atom stereocenters. The summed E-state index contributed by atoms with van der Waals surface area (Å²) < 4.78 is 5.24. The second-order valence-corrected chi connectivity index (χ2v) is 6.27. The smallest absolute Gasteiger partial charge is 0.336 e. The number of benzene rings is 2. The van der Waals surface area contributed by atoms with Crippen LogP contribution in [-0.2, 0) is 0 Å². The molecule has 2 aromatic heterocycles. The summed E-state index contributed by atoms with van der Waals surface area (Å²) in [6.45, 7) is 0. The van der Waals surface area contributed by atoms with Crippen LogP contribution in [0.5, 0.6) is 5.75 Å². The standard InChI is InChI=1S/C21H15N3O5/c1-29-14-4-2-3-13(9-14)18-17-15(21(27)28)10-16(22-19(17)24-23-18)11-5-7-12(8-6-11)20(25)26/h2-10H,1H3,(H,25,26)(H,27,28)(H,22,23,24). The van der Waals surface area contributed by atoms with Gasteiger partial charge in [0.25, 0.3) is 0 Å². The molecule has 0 unspecified atom stereocenters. The number of carboxylic acids is 2. The molecule has 144 valence electrons. The van der Waals surface area contributed by atoms with Crippen molar-refractivity contribution >= 4 is 23.0 Å². The Hall–Kier alpha value is -4.20. The number of pyridine rings is 1. The number of aromatic amines is 1. The molecule has 0 bridgehead atoms. The second-order valence-electron chi connectivity index (χ2n) is 6.27. The Bertz CT molecular complexity index is 1250. The summed E-state index contributed by atoms with van der Waals surface area (Å²) in [6, 6.07) is 14.7. The number of nitrogens with one attached hydrogen (secondary N) is 1. The van der Waals surface area contributed by atoms with Gasteiger partial charge in [-0.3, -0.25) is 5.10 Å². The number of ether oxygens (including phenoxy) is 1. The van der Waals surface area contributed by atoms with Gasteiger partial charge in [-0.25, -0.2) is 14.6 Å². The zero-order chi connectivity index (χ0) is 20.5. The van der Waals surface area contributed by atoms with Gasteiger partial charge < -0.3 is 14.9 Å². The first-order chi connectivity index (χ1) is 14.0. The minimum atomic E-state index is -1.12. The third-order valence-electron chi connectivity index (χ3n) is 4.54. The largest absolute Gasteiger partial charge is 0.497 e. The van der Waals surface area contributed by atoms with E-state index in [9.17, 15) is 14.7 Å². The molecule has 0 fully saturated rings. The molecule has 8 heteroatoms. The Labute approximate surface area is 164 Å². The Kier molecular flexibility index (Phi) is 4.44. The molecule has 0 amide bonds. The predicted octanol–water partition coefficient (Wildman–Crippen LogP) is 3.70. The third-order valence-corrected chi connectivity index (χ3v) is 4.54. The van der Waals surface area contributed by atoms with E-state index in [-0.39, 0.29) is 16.8 Å². The number of nitrogens with zero attached hydrogens (tertiary/aromatic N) is 2. The van der Waals surface area contributed by atoms with E-state index in [0.717, 1.165) is 5.56 Å². The number of H-pyrrole nitrogens is 1. The number of carbonyl (C=O) groups is 2. The molecule has 0 aliphatic rings. The van der Waals surface area contributed by atoms with E-state index in [2.05, 4.69) is 15.2 Å². The van der Waals surface area contributed by atoms with E-state index >= 15 is 0 Å². The van der Waals surface area contributed by atoms with Crippen molar-refractivity contribution in [2.24, 2.45) is 0 Å². The molecule has 2 heterocycles. The van der Waals surface area contributed by atoms with Crippen molar-refractivity contribution in [3.63, 3.8) is 0 Å². The third kappa shape index (κ3) is 3.27. The van der Waals surface area contributed by atoms with E-state index in [1.807, 2.05) is 6.07 Å². The van der Waals surface area contributed by atoms with Crippen LogP contribution in [0, 0.1) is 0 Å². The molecule has 4 rings (SSSR count). The maximum Gasteiger partial charge on any atom is 0.336 e. The van der Waals surface area contributed by atoms with Crippen molar-refractivity contribution in [1.29, 1.82) is 0 Å². The normalized spacial score (nSPS) is 10.8. The molecular weight excluding hydrogens is 374 g/mol. The molecule has 3 N–H and O–H groups in total. The summed E-state index contributed by atoms with van der Waals surface area (Å²) in [6.07, 6.45) is 0. The maximum absolute atomic E-state index is 12.0. The zero-order valence-corrected chi connectivity index (χ0v) is 15.2. The summed E-state index contributed by atoms with van der Waals surface area (Å²) in [5, 5.41) is 26.3. The first-order valence-corrected chi connectivity index (χ1v) is 8.58. The van der Waals surface area contributed by atoms with Crippen LogP contribution in [0.1, 0.15) is 20.7 Å². The monoisotopic (exact) mass is 389 g/mol. The lowest BCUT2D eigenvalue weighted by atomic mass is 10.0. The van der Waals surface area contributed by atoms with Gasteiger partial charge in [0.05, 0.1) is 35.0 Å². The molecular formula is C21H15N3O5. The van der Waals surface area contributed by atoms with Gasteiger partial charge in [-0.2, -0.15) is 5.10 Å². The fraction of sp³-hybridized carbons (Fsp3) is 0.0476. The van der Waals surface area contributed by atoms with Gasteiger partial charge in [0.2, 0.25) is 0 Å². The number of hydrogen-bond donors (Lipinski definition) is 3. The number of aromatic nitrogens is 3. The number of methoxy groups -OCH3 is 1. The highest BCUT2D eigenvalue weighted by Gasteiger charge is 2.20. The van der Waals surface area contributed by atoms with Crippen LogP contribution in [-0.4, -0.2) is 44.4 Å². The number of fused-ring (bicyclic) bond motifs is 1.